The number of hydrogen-bond donors (Lipinski definition) is 1. The van der Waals surface area contributed by atoms with Crippen LogP contribution in [0.25, 0.3) is 10.6 Å². The largest absolute Gasteiger partial charge is 0.321 e. The molecule has 2 aromatic heterocycles. The van der Waals surface area contributed by atoms with E-state index < -0.39 is 15.9 Å². The van der Waals surface area contributed by atoms with Gasteiger partial charge in [-0.2, -0.15) is 4.31 Å². The van der Waals surface area contributed by atoms with E-state index in [1.54, 1.807) is 17.6 Å². The monoisotopic (exact) mass is 419 g/mol. The number of hydrogen-bond acceptors (Lipinski definition) is 6. The molecular formula is C18H17N3O3S3. The van der Waals surface area contributed by atoms with Crippen molar-refractivity contribution in [1.82, 2.24) is 9.29 Å². The van der Waals surface area contributed by atoms with Gasteiger partial charge in [-0.3, -0.25) is 4.79 Å². The molecule has 1 fully saturated rings. The Hall–Kier alpha value is -2.07. The minimum Gasteiger partial charge on any atom is -0.321 e. The maximum absolute atomic E-state index is 12.8. The number of aromatic nitrogens is 1. The van der Waals surface area contributed by atoms with Crippen molar-refractivity contribution in [3.8, 4) is 10.6 Å². The van der Waals surface area contributed by atoms with E-state index in [4.69, 9.17) is 0 Å². The Labute approximate surface area is 165 Å². The van der Waals surface area contributed by atoms with Gasteiger partial charge in [-0.15, -0.1) is 22.7 Å². The number of anilines is 1. The van der Waals surface area contributed by atoms with Crippen molar-refractivity contribution in [2.75, 3.05) is 18.4 Å². The van der Waals surface area contributed by atoms with Crippen molar-refractivity contribution < 1.29 is 13.2 Å². The number of sulfonamides is 1. The van der Waals surface area contributed by atoms with E-state index in [0.717, 1.165) is 34.7 Å². The average molecular weight is 420 g/mol. The van der Waals surface area contributed by atoms with Crippen LogP contribution < -0.4 is 5.32 Å². The second-order valence-electron chi connectivity index (χ2n) is 6.10. The van der Waals surface area contributed by atoms with E-state index >= 15 is 0 Å². The first-order valence-corrected chi connectivity index (χ1v) is 11.6. The molecular weight excluding hydrogens is 402 g/mol. The van der Waals surface area contributed by atoms with Gasteiger partial charge in [0.05, 0.1) is 0 Å². The van der Waals surface area contributed by atoms with E-state index in [0.29, 0.717) is 18.8 Å². The molecule has 9 heteroatoms. The van der Waals surface area contributed by atoms with Crippen LogP contribution in [0.3, 0.4) is 0 Å². The minimum atomic E-state index is -3.63. The lowest BCUT2D eigenvalue weighted by Gasteiger charge is -2.15. The highest BCUT2D eigenvalue weighted by atomic mass is 32.2. The topological polar surface area (TPSA) is 79.4 Å². The van der Waals surface area contributed by atoms with Gasteiger partial charge in [0.2, 0.25) is 10.0 Å². The van der Waals surface area contributed by atoms with Gasteiger partial charge in [0, 0.05) is 35.9 Å². The van der Waals surface area contributed by atoms with Gasteiger partial charge in [0.15, 0.2) is 0 Å². The summed E-state index contributed by atoms with van der Waals surface area (Å²) in [5.41, 5.74) is 1.50. The van der Waals surface area contributed by atoms with Crippen LogP contribution in [-0.2, 0) is 10.0 Å². The van der Waals surface area contributed by atoms with Gasteiger partial charge >= 0.3 is 0 Å². The maximum atomic E-state index is 12.8. The van der Waals surface area contributed by atoms with Crippen molar-refractivity contribution in [3.05, 3.63) is 52.2 Å². The fourth-order valence-electron chi connectivity index (χ4n) is 3.02. The third-order valence-corrected chi connectivity index (χ3v) is 8.12. The van der Waals surface area contributed by atoms with E-state index in [1.165, 1.54) is 21.7 Å². The Morgan fingerprint density at radius 2 is 1.93 bits per heavy atom. The highest BCUT2D eigenvalue weighted by molar-refractivity contribution is 7.89. The number of thiophene rings is 1. The average Bonchev–Trinajstić information content (AvgIpc) is 3.44. The summed E-state index contributed by atoms with van der Waals surface area (Å²) in [7, 11) is -3.63. The Morgan fingerprint density at radius 3 is 2.67 bits per heavy atom. The number of nitrogens with one attached hydrogen (secondary N) is 1. The first kappa shape index (κ1) is 18.3. The zero-order chi connectivity index (χ0) is 18.9. The van der Waals surface area contributed by atoms with E-state index in [9.17, 15) is 13.2 Å². The van der Waals surface area contributed by atoms with Crippen molar-refractivity contribution in [2.24, 2.45) is 0 Å². The van der Waals surface area contributed by atoms with E-state index in [-0.39, 0.29) is 9.77 Å². The predicted octanol–water partition coefficient (Wildman–Crippen LogP) is 3.91. The van der Waals surface area contributed by atoms with E-state index in [1.807, 2.05) is 23.6 Å². The first-order valence-electron chi connectivity index (χ1n) is 8.44. The summed E-state index contributed by atoms with van der Waals surface area (Å²) in [6, 6.07) is 8.88. The smallest absolute Gasteiger partial charge is 0.267 e. The lowest BCUT2D eigenvalue weighted by atomic mass is 10.2. The van der Waals surface area contributed by atoms with Gasteiger partial charge in [-0.05, 0) is 36.4 Å². The van der Waals surface area contributed by atoms with Crippen LogP contribution in [0.15, 0.2) is 52.2 Å². The summed E-state index contributed by atoms with van der Waals surface area (Å²) < 4.78 is 27.1. The van der Waals surface area contributed by atoms with Crippen LogP contribution in [-0.4, -0.2) is 36.7 Å². The molecule has 1 aliphatic rings. The number of carbonyl (C=O) groups is 1. The molecule has 1 amide bonds. The molecule has 0 unspecified atom stereocenters. The molecule has 1 aliphatic heterocycles. The van der Waals surface area contributed by atoms with Crippen molar-refractivity contribution in [2.45, 2.75) is 17.7 Å². The molecule has 0 aliphatic carbocycles. The van der Waals surface area contributed by atoms with Crippen LogP contribution in [0.4, 0.5) is 5.69 Å². The Morgan fingerprint density at radius 1 is 1.11 bits per heavy atom. The van der Waals surface area contributed by atoms with E-state index in [2.05, 4.69) is 10.3 Å². The fraction of sp³-hybridized carbons (Fsp3) is 0.222. The fourth-order valence-corrected chi connectivity index (χ4v) is 6.47. The highest BCUT2D eigenvalue weighted by Crippen LogP contribution is 2.29. The number of thiazole rings is 1. The van der Waals surface area contributed by atoms with Crippen molar-refractivity contribution in [3.63, 3.8) is 0 Å². The number of amides is 1. The molecule has 0 bridgehead atoms. The van der Waals surface area contributed by atoms with Crippen LogP contribution in [0.2, 0.25) is 0 Å². The molecule has 27 heavy (non-hydrogen) atoms. The third-order valence-electron chi connectivity index (χ3n) is 4.32. The molecule has 1 N–H and O–H groups in total. The van der Waals surface area contributed by atoms with Gasteiger partial charge in [-0.25, -0.2) is 13.4 Å². The lowest BCUT2D eigenvalue weighted by molar-refractivity contribution is 0.102. The van der Waals surface area contributed by atoms with Crippen molar-refractivity contribution >= 4 is 44.3 Å². The second-order valence-corrected chi connectivity index (χ2v) is 9.81. The minimum absolute atomic E-state index is 0.0861. The summed E-state index contributed by atoms with van der Waals surface area (Å²) in [4.78, 5) is 17.3. The summed E-state index contributed by atoms with van der Waals surface area (Å²) in [5, 5.41) is 7.21. The molecule has 3 aromatic rings. The number of carbonyl (C=O) groups excluding carboxylic acids is 1. The predicted molar refractivity (Wildman–Crippen MR) is 108 cm³/mol. The van der Waals surface area contributed by atoms with Gasteiger partial charge in [0.25, 0.3) is 5.91 Å². The zero-order valence-electron chi connectivity index (χ0n) is 14.3. The highest BCUT2D eigenvalue weighted by Gasteiger charge is 2.31. The molecule has 0 spiro atoms. The molecule has 6 nitrogen and oxygen atoms in total. The van der Waals surface area contributed by atoms with Gasteiger partial charge in [-0.1, -0.05) is 12.1 Å². The normalized spacial score (nSPS) is 15.1. The maximum Gasteiger partial charge on any atom is 0.267 e. The Balaban J connectivity index is 1.58. The van der Waals surface area contributed by atoms with Crippen LogP contribution >= 0.6 is 22.7 Å². The molecule has 1 aromatic carbocycles. The second kappa shape index (κ2) is 7.51. The summed E-state index contributed by atoms with van der Waals surface area (Å²) in [6.07, 6.45) is 3.44. The molecule has 140 valence electrons. The molecule has 0 radical (unpaired) electrons. The summed E-state index contributed by atoms with van der Waals surface area (Å²) in [5.74, 6) is -0.418. The zero-order valence-corrected chi connectivity index (χ0v) is 16.7. The van der Waals surface area contributed by atoms with Crippen LogP contribution in [0.1, 0.15) is 22.5 Å². The van der Waals surface area contributed by atoms with Gasteiger partial charge in [0.1, 0.15) is 14.8 Å². The summed E-state index contributed by atoms with van der Waals surface area (Å²) >= 11 is 2.65. The number of nitrogens with zero attached hydrogens (tertiary/aromatic N) is 2. The van der Waals surface area contributed by atoms with Crippen molar-refractivity contribution in [1.29, 1.82) is 0 Å². The Bertz CT molecular complexity index is 1050. The Kier molecular flexibility index (Phi) is 5.09. The number of benzene rings is 1. The first-order chi connectivity index (χ1) is 13.1. The summed E-state index contributed by atoms with van der Waals surface area (Å²) in [6.45, 7) is 1.02. The van der Waals surface area contributed by atoms with Crippen LogP contribution in [0, 0.1) is 0 Å². The van der Waals surface area contributed by atoms with Gasteiger partial charge < -0.3 is 5.32 Å². The standard InChI is InChI=1S/C18H17N3O3S3/c22-17(20-14-5-3-4-13(12-14)18-19-7-11-26-18)16-15(6-10-25-16)27(23,24)21-8-1-2-9-21/h3-7,10-12H,1-2,8-9H2,(H,20,22). The molecule has 3 heterocycles. The third kappa shape index (κ3) is 3.68. The quantitative estimate of drug-likeness (QED) is 0.680. The molecule has 0 saturated carbocycles. The molecule has 1 saturated heterocycles. The SMILES string of the molecule is O=C(Nc1cccc(-c2nccs2)c1)c1sccc1S(=O)(=O)N1CCCC1. The lowest BCUT2D eigenvalue weighted by Crippen LogP contribution is -2.29. The molecule has 4 rings (SSSR count). The number of rotatable bonds is 5. The molecule has 0 atom stereocenters. The van der Waals surface area contributed by atoms with Crippen LogP contribution in [0.5, 0.6) is 0 Å².